The number of ether oxygens (including phenoxy) is 2. The SMILES string of the molecule is CCC(C(=O)NCc1cccc(OC)c1OC)n1c2ccccc2c2cnn(C)c(=O)c21. The molecule has 0 radical (unpaired) electrons. The highest BCUT2D eigenvalue weighted by Crippen LogP contribution is 2.32. The number of aryl methyl sites for hydroxylation is 1. The van der Waals surface area contributed by atoms with Crippen molar-refractivity contribution in [1.82, 2.24) is 19.7 Å². The Morgan fingerprint density at radius 3 is 2.59 bits per heavy atom. The number of fused-ring (bicyclic) bond motifs is 3. The van der Waals surface area contributed by atoms with Crippen molar-refractivity contribution in [3.05, 3.63) is 64.6 Å². The summed E-state index contributed by atoms with van der Waals surface area (Å²) in [5, 5.41) is 8.82. The van der Waals surface area contributed by atoms with E-state index in [1.807, 2.05) is 47.9 Å². The fourth-order valence-electron chi connectivity index (χ4n) is 4.19. The third-order valence-corrected chi connectivity index (χ3v) is 5.74. The molecule has 4 rings (SSSR count). The maximum absolute atomic E-state index is 13.4. The Labute approximate surface area is 185 Å². The summed E-state index contributed by atoms with van der Waals surface area (Å²) >= 11 is 0. The van der Waals surface area contributed by atoms with Crippen molar-refractivity contribution in [3.8, 4) is 11.5 Å². The predicted molar refractivity (Wildman–Crippen MR) is 123 cm³/mol. The molecule has 0 aliphatic rings. The highest BCUT2D eigenvalue weighted by atomic mass is 16.5. The quantitative estimate of drug-likeness (QED) is 0.483. The molecule has 2 aromatic heterocycles. The molecule has 0 aliphatic carbocycles. The smallest absolute Gasteiger partial charge is 0.291 e. The number of nitrogens with zero attached hydrogens (tertiary/aromatic N) is 3. The van der Waals surface area contributed by atoms with Crippen LogP contribution in [0.1, 0.15) is 24.9 Å². The molecule has 1 atom stereocenters. The van der Waals surface area contributed by atoms with Crippen molar-refractivity contribution in [2.24, 2.45) is 7.05 Å². The Kier molecular flexibility index (Phi) is 5.85. The number of rotatable bonds is 7. The first-order chi connectivity index (χ1) is 15.5. The fraction of sp³-hybridized carbons (Fsp3) is 0.292. The zero-order valence-electron chi connectivity index (χ0n) is 18.6. The van der Waals surface area contributed by atoms with Crippen LogP contribution < -0.4 is 20.3 Å². The summed E-state index contributed by atoms with van der Waals surface area (Å²) < 4.78 is 14.0. The van der Waals surface area contributed by atoms with Crippen LogP contribution in [0.2, 0.25) is 0 Å². The van der Waals surface area contributed by atoms with E-state index in [4.69, 9.17) is 9.47 Å². The summed E-state index contributed by atoms with van der Waals surface area (Å²) in [4.78, 5) is 26.4. The molecule has 0 fully saturated rings. The lowest BCUT2D eigenvalue weighted by Gasteiger charge is -2.20. The molecule has 32 heavy (non-hydrogen) atoms. The number of amides is 1. The Balaban J connectivity index is 1.75. The second kappa shape index (κ2) is 8.74. The summed E-state index contributed by atoms with van der Waals surface area (Å²) in [6.07, 6.45) is 2.20. The van der Waals surface area contributed by atoms with Crippen LogP contribution in [-0.2, 0) is 18.4 Å². The normalized spacial score (nSPS) is 12.1. The molecule has 4 aromatic rings. The van der Waals surface area contributed by atoms with Gasteiger partial charge in [-0.2, -0.15) is 5.10 Å². The molecule has 8 heteroatoms. The minimum absolute atomic E-state index is 0.182. The van der Waals surface area contributed by atoms with Gasteiger partial charge in [0.15, 0.2) is 11.5 Å². The third kappa shape index (κ3) is 3.47. The number of methoxy groups -OCH3 is 2. The van der Waals surface area contributed by atoms with Gasteiger partial charge in [0, 0.05) is 29.9 Å². The van der Waals surface area contributed by atoms with Crippen molar-refractivity contribution in [2.45, 2.75) is 25.9 Å². The molecule has 0 saturated heterocycles. The van der Waals surface area contributed by atoms with Crippen molar-refractivity contribution >= 4 is 27.7 Å². The lowest BCUT2D eigenvalue weighted by Crippen LogP contribution is -2.33. The molecule has 0 bridgehead atoms. The number of carbonyl (C=O) groups is 1. The van der Waals surface area contributed by atoms with Crippen molar-refractivity contribution in [3.63, 3.8) is 0 Å². The number of hydrogen-bond donors (Lipinski definition) is 1. The summed E-state index contributed by atoms with van der Waals surface area (Å²) in [6, 6.07) is 12.7. The molecular formula is C24H26N4O4. The minimum atomic E-state index is -0.566. The van der Waals surface area contributed by atoms with Gasteiger partial charge in [0.1, 0.15) is 11.6 Å². The van der Waals surface area contributed by atoms with Crippen molar-refractivity contribution in [2.75, 3.05) is 14.2 Å². The first-order valence-electron chi connectivity index (χ1n) is 10.4. The van der Waals surface area contributed by atoms with Gasteiger partial charge in [-0.1, -0.05) is 37.3 Å². The van der Waals surface area contributed by atoms with Crippen LogP contribution in [0, 0.1) is 0 Å². The van der Waals surface area contributed by atoms with Crippen molar-refractivity contribution in [1.29, 1.82) is 0 Å². The second-order valence-electron chi connectivity index (χ2n) is 7.52. The summed E-state index contributed by atoms with van der Waals surface area (Å²) in [6.45, 7) is 2.20. The zero-order valence-corrected chi connectivity index (χ0v) is 18.6. The number of para-hydroxylation sites is 2. The van der Waals surface area contributed by atoms with Crippen molar-refractivity contribution < 1.29 is 14.3 Å². The highest BCUT2D eigenvalue weighted by Gasteiger charge is 2.25. The summed E-state index contributed by atoms with van der Waals surface area (Å²) in [7, 11) is 4.75. The van der Waals surface area contributed by atoms with Gasteiger partial charge in [0.2, 0.25) is 5.91 Å². The van der Waals surface area contributed by atoms with Gasteiger partial charge in [-0.05, 0) is 18.6 Å². The topological polar surface area (TPSA) is 87.4 Å². The van der Waals surface area contributed by atoms with E-state index >= 15 is 0 Å². The number of benzene rings is 2. The zero-order chi connectivity index (χ0) is 22.8. The number of hydrogen-bond acceptors (Lipinski definition) is 5. The van der Waals surface area contributed by atoms with Crippen LogP contribution in [0.4, 0.5) is 0 Å². The third-order valence-electron chi connectivity index (χ3n) is 5.74. The van der Waals surface area contributed by atoms with Crippen LogP contribution in [0.5, 0.6) is 11.5 Å². The van der Waals surface area contributed by atoms with Crippen LogP contribution >= 0.6 is 0 Å². The van der Waals surface area contributed by atoms with Crippen LogP contribution in [0.15, 0.2) is 53.5 Å². The van der Waals surface area contributed by atoms with Gasteiger partial charge >= 0.3 is 0 Å². The molecule has 1 unspecified atom stereocenters. The molecule has 0 aliphatic heterocycles. The molecule has 1 amide bonds. The number of nitrogens with one attached hydrogen (secondary N) is 1. The van der Waals surface area contributed by atoms with E-state index in [2.05, 4.69) is 10.4 Å². The second-order valence-corrected chi connectivity index (χ2v) is 7.52. The lowest BCUT2D eigenvalue weighted by atomic mass is 10.1. The fourth-order valence-corrected chi connectivity index (χ4v) is 4.19. The standard InChI is InChI=1S/C24H26N4O4/c1-5-18(23(29)25-13-15-9-8-12-20(31-3)22(15)32-4)28-19-11-7-6-10-16(19)17-14-26-27(2)24(30)21(17)28/h6-12,14,18H,5,13H2,1-4H3,(H,25,29). The predicted octanol–water partition coefficient (Wildman–Crippen LogP) is 3.17. The van der Waals surface area contributed by atoms with E-state index in [1.165, 1.54) is 4.68 Å². The van der Waals surface area contributed by atoms with Crippen LogP contribution in [0.3, 0.4) is 0 Å². The molecule has 8 nitrogen and oxygen atoms in total. The van der Waals surface area contributed by atoms with Crippen LogP contribution in [-0.4, -0.2) is 34.5 Å². The van der Waals surface area contributed by atoms with E-state index < -0.39 is 6.04 Å². The van der Waals surface area contributed by atoms with Gasteiger partial charge in [-0.3, -0.25) is 9.59 Å². The van der Waals surface area contributed by atoms with E-state index in [9.17, 15) is 9.59 Å². The largest absolute Gasteiger partial charge is 0.493 e. The summed E-state index contributed by atoms with van der Waals surface area (Å²) in [5.41, 5.74) is 1.87. The molecule has 2 aromatic carbocycles. The van der Waals surface area contributed by atoms with E-state index in [0.717, 1.165) is 21.9 Å². The Morgan fingerprint density at radius 1 is 1.09 bits per heavy atom. The molecular weight excluding hydrogens is 408 g/mol. The maximum Gasteiger partial charge on any atom is 0.291 e. The Bertz CT molecular complexity index is 1360. The van der Waals surface area contributed by atoms with E-state index in [0.29, 0.717) is 23.4 Å². The lowest BCUT2D eigenvalue weighted by molar-refractivity contribution is -0.124. The van der Waals surface area contributed by atoms with Gasteiger partial charge in [0.25, 0.3) is 5.56 Å². The van der Waals surface area contributed by atoms with Gasteiger partial charge in [0.05, 0.1) is 25.9 Å². The first-order valence-corrected chi connectivity index (χ1v) is 10.4. The number of carbonyl (C=O) groups excluding carboxylic acids is 1. The first kappa shape index (κ1) is 21.4. The molecule has 2 heterocycles. The number of aromatic nitrogens is 3. The molecule has 0 saturated carbocycles. The molecule has 1 N–H and O–H groups in total. The average molecular weight is 434 g/mol. The molecule has 166 valence electrons. The van der Waals surface area contributed by atoms with E-state index in [1.54, 1.807) is 33.5 Å². The maximum atomic E-state index is 13.4. The van der Waals surface area contributed by atoms with Gasteiger partial charge < -0.3 is 19.4 Å². The van der Waals surface area contributed by atoms with Gasteiger partial charge in [-0.15, -0.1) is 0 Å². The summed E-state index contributed by atoms with van der Waals surface area (Å²) in [5.74, 6) is 1.00. The minimum Gasteiger partial charge on any atom is -0.493 e. The van der Waals surface area contributed by atoms with Gasteiger partial charge in [-0.25, -0.2) is 4.68 Å². The van der Waals surface area contributed by atoms with E-state index in [-0.39, 0.29) is 18.0 Å². The Hall–Kier alpha value is -3.81. The monoisotopic (exact) mass is 434 g/mol. The Morgan fingerprint density at radius 2 is 1.88 bits per heavy atom. The van der Waals surface area contributed by atoms with Crippen LogP contribution in [0.25, 0.3) is 21.8 Å². The average Bonchev–Trinajstić information content (AvgIpc) is 3.15. The highest BCUT2D eigenvalue weighted by molar-refractivity contribution is 6.08. The molecule has 0 spiro atoms.